The lowest BCUT2D eigenvalue weighted by Crippen LogP contribution is -2.22. The van der Waals surface area contributed by atoms with Crippen molar-refractivity contribution in [1.29, 1.82) is 0 Å². The van der Waals surface area contributed by atoms with E-state index < -0.39 is 12.1 Å². The van der Waals surface area contributed by atoms with Crippen LogP contribution >= 0.6 is 0 Å². The molecule has 1 heterocycles. The predicted octanol–water partition coefficient (Wildman–Crippen LogP) is 3.10. The topological polar surface area (TPSA) is 132 Å². The van der Waals surface area contributed by atoms with Crippen molar-refractivity contribution in [3.05, 3.63) is 60.4 Å². The lowest BCUT2D eigenvalue weighted by atomic mass is 10.1. The minimum Gasteiger partial charge on any atom is -0.497 e. The first kappa shape index (κ1) is 22.1. The molecule has 5 N–H and O–H groups in total. The molecular weight excluding hydrogens is 400 g/mol. The molecule has 0 aliphatic rings. The summed E-state index contributed by atoms with van der Waals surface area (Å²) < 4.78 is 16.2. The number of hydrogen-bond acceptors (Lipinski definition) is 7. The Labute approximate surface area is 180 Å². The van der Waals surface area contributed by atoms with Gasteiger partial charge in [-0.05, 0) is 35.4 Å². The van der Waals surface area contributed by atoms with Crippen molar-refractivity contribution in [1.82, 2.24) is 10.2 Å². The lowest BCUT2D eigenvalue weighted by molar-refractivity contribution is 0.154. The van der Waals surface area contributed by atoms with Gasteiger partial charge in [0.2, 0.25) is 0 Å². The molecule has 0 fully saturated rings. The van der Waals surface area contributed by atoms with Gasteiger partial charge in [-0.1, -0.05) is 18.2 Å². The molecule has 2 aromatic carbocycles. The number of carbonyl (C=O) groups excluding carboxylic acids is 1. The van der Waals surface area contributed by atoms with E-state index in [2.05, 4.69) is 15.5 Å². The number of amides is 1. The molecule has 0 saturated heterocycles. The van der Waals surface area contributed by atoms with Gasteiger partial charge in [0, 0.05) is 24.8 Å². The third-order valence-electron chi connectivity index (χ3n) is 4.53. The average molecular weight is 426 g/mol. The molecule has 1 aromatic heterocycles. The van der Waals surface area contributed by atoms with E-state index in [1.165, 1.54) is 0 Å². The monoisotopic (exact) mass is 426 g/mol. The largest absolute Gasteiger partial charge is 0.497 e. The molecule has 0 aliphatic carbocycles. The summed E-state index contributed by atoms with van der Waals surface area (Å²) in [5.74, 6) is 1.14. The first-order valence-corrected chi connectivity index (χ1v) is 9.81. The molecule has 1 atom stereocenters. The van der Waals surface area contributed by atoms with Crippen LogP contribution in [0.1, 0.15) is 18.0 Å². The van der Waals surface area contributed by atoms with Crippen LogP contribution in [0.25, 0.3) is 11.1 Å². The molecule has 164 valence electrons. The second kappa shape index (κ2) is 11.0. The fourth-order valence-electron chi connectivity index (χ4n) is 2.86. The van der Waals surface area contributed by atoms with Crippen molar-refractivity contribution in [3.63, 3.8) is 0 Å². The fraction of sp³-hybridized carbons (Fsp3) is 0.273. The Morgan fingerprint density at radius 1 is 1.26 bits per heavy atom. The summed E-state index contributed by atoms with van der Waals surface area (Å²) in [6.45, 7) is 0.303. The molecule has 1 amide bonds. The van der Waals surface area contributed by atoms with Crippen LogP contribution in [0.3, 0.4) is 0 Å². The Bertz CT molecular complexity index is 978. The molecule has 9 nitrogen and oxygen atoms in total. The summed E-state index contributed by atoms with van der Waals surface area (Å²) in [7, 11) is 1.58. The molecule has 9 heteroatoms. The number of benzene rings is 2. The molecule has 0 spiro atoms. The van der Waals surface area contributed by atoms with Crippen molar-refractivity contribution >= 4 is 11.8 Å². The summed E-state index contributed by atoms with van der Waals surface area (Å²) >= 11 is 0. The molecule has 0 aliphatic heterocycles. The second-order valence-electron chi connectivity index (χ2n) is 6.73. The Kier molecular flexibility index (Phi) is 7.85. The quantitative estimate of drug-likeness (QED) is 0.366. The van der Waals surface area contributed by atoms with Crippen LogP contribution in [0.15, 0.2) is 54.9 Å². The maximum atomic E-state index is 12.3. The number of hydrogen-bond donors (Lipinski definition) is 4. The van der Waals surface area contributed by atoms with Gasteiger partial charge in [0.05, 0.1) is 31.6 Å². The number of nitrogens with two attached hydrogens (primary N) is 1. The fourth-order valence-corrected chi connectivity index (χ4v) is 2.86. The van der Waals surface area contributed by atoms with Crippen molar-refractivity contribution in [3.8, 4) is 22.6 Å². The number of methoxy groups -OCH3 is 1. The SMILES string of the molecule is COc1cccc(C(N)COC(=O)Nc2ccc(-c3cn[nH]c3)cc2OCCCO)c1. The van der Waals surface area contributed by atoms with Gasteiger partial charge in [-0.3, -0.25) is 10.4 Å². The van der Waals surface area contributed by atoms with E-state index in [1.54, 1.807) is 37.7 Å². The molecule has 0 bridgehead atoms. The maximum Gasteiger partial charge on any atom is 0.411 e. The number of nitrogens with zero attached hydrogens (tertiary/aromatic N) is 1. The van der Waals surface area contributed by atoms with Crippen LogP contribution < -0.4 is 20.5 Å². The van der Waals surface area contributed by atoms with Gasteiger partial charge < -0.3 is 25.1 Å². The van der Waals surface area contributed by atoms with Gasteiger partial charge in [0.1, 0.15) is 18.1 Å². The lowest BCUT2D eigenvalue weighted by Gasteiger charge is -2.16. The van der Waals surface area contributed by atoms with Crippen LogP contribution in [0.4, 0.5) is 10.5 Å². The van der Waals surface area contributed by atoms with Crippen molar-refractivity contribution in [2.75, 3.05) is 32.2 Å². The Morgan fingerprint density at radius 3 is 2.87 bits per heavy atom. The first-order chi connectivity index (χ1) is 15.1. The Balaban J connectivity index is 1.64. The van der Waals surface area contributed by atoms with Gasteiger partial charge in [0.25, 0.3) is 0 Å². The van der Waals surface area contributed by atoms with Gasteiger partial charge in [0.15, 0.2) is 0 Å². The van der Waals surface area contributed by atoms with Crippen LogP contribution in [-0.4, -0.2) is 48.3 Å². The number of H-pyrrole nitrogens is 1. The van der Waals surface area contributed by atoms with Crippen LogP contribution in [-0.2, 0) is 4.74 Å². The van der Waals surface area contributed by atoms with E-state index in [0.29, 0.717) is 30.2 Å². The zero-order valence-corrected chi connectivity index (χ0v) is 17.2. The molecule has 1 unspecified atom stereocenters. The van der Waals surface area contributed by atoms with E-state index >= 15 is 0 Å². The first-order valence-electron chi connectivity index (χ1n) is 9.81. The number of aromatic amines is 1. The predicted molar refractivity (Wildman–Crippen MR) is 116 cm³/mol. The number of aromatic nitrogens is 2. The highest BCUT2D eigenvalue weighted by Crippen LogP contribution is 2.31. The molecule has 0 saturated carbocycles. The third-order valence-corrected chi connectivity index (χ3v) is 4.53. The van der Waals surface area contributed by atoms with Crippen LogP contribution in [0.5, 0.6) is 11.5 Å². The smallest absolute Gasteiger partial charge is 0.411 e. The van der Waals surface area contributed by atoms with Gasteiger partial charge in [-0.25, -0.2) is 4.79 Å². The van der Waals surface area contributed by atoms with E-state index in [1.807, 2.05) is 24.3 Å². The summed E-state index contributed by atoms with van der Waals surface area (Å²) in [6, 6.07) is 12.1. The summed E-state index contributed by atoms with van der Waals surface area (Å²) in [6.07, 6.45) is 3.26. The molecular formula is C22H26N4O5. The Hall–Kier alpha value is -3.56. The maximum absolute atomic E-state index is 12.3. The standard InChI is InChI=1S/C22H26N4O5/c1-29-18-5-2-4-16(10-18)19(23)14-31-22(28)26-20-7-6-15(17-12-24-25-13-17)11-21(20)30-9-3-8-27/h2,4-7,10-13,19,27H,3,8-9,14,23H2,1H3,(H,24,25)(H,26,28). The molecule has 0 radical (unpaired) electrons. The zero-order chi connectivity index (χ0) is 22.1. The highest BCUT2D eigenvalue weighted by molar-refractivity contribution is 5.87. The number of aliphatic hydroxyl groups is 1. The number of anilines is 1. The minimum absolute atomic E-state index is 0.00714. The van der Waals surface area contributed by atoms with E-state index in [9.17, 15) is 4.79 Å². The highest BCUT2D eigenvalue weighted by Gasteiger charge is 2.14. The molecule has 3 rings (SSSR count). The van der Waals surface area contributed by atoms with E-state index in [4.69, 9.17) is 25.1 Å². The van der Waals surface area contributed by atoms with Crippen molar-refractivity contribution in [2.45, 2.75) is 12.5 Å². The van der Waals surface area contributed by atoms with Crippen molar-refractivity contribution in [2.24, 2.45) is 5.73 Å². The van der Waals surface area contributed by atoms with Gasteiger partial charge >= 0.3 is 6.09 Å². The highest BCUT2D eigenvalue weighted by atomic mass is 16.5. The second-order valence-corrected chi connectivity index (χ2v) is 6.73. The normalized spacial score (nSPS) is 11.6. The summed E-state index contributed by atoms with van der Waals surface area (Å²) in [5, 5.41) is 18.4. The minimum atomic E-state index is -0.651. The number of carbonyl (C=O) groups is 1. The molecule has 31 heavy (non-hydrogen) atoms. The molecule has 3 aromatic rings. The number of nitrogens with one attached hydrogen (secondary N) is 2. The summed E-state index contributed by atoms with van der Waals surface area (Å²) in [5.41, 5.74) is 9.12. The zero-order valence-electron chi connectivity index (χ0n) is 17.2. The van der Waals surface area contributed by atoms with E-state index in [0.717, 1.165) is 16.7 Å². The van der Waals surface area contributed by atoms with Gasteiger partial charge in [-0.2, -0.15) is 5.10 Å². The van der Waals surface area contributed by atoms with Crippen LogP contribution in [0, 0.1) is 0 Å². The van der Waals surface area contributed by atoms with Gasteiger partial charge in [-0.15, -0.1) is 0 Å². The third kappa shape index (κ3) is 6.21. The van der Waals surface area contributed by atoms with E-state index in [-0.39, 0.29) is 13.2 Å². The summed E-state index contributed by atoms with van der Waals surface area (Å²) in [4.78, 5) is 12.3. The van der Waals surface area contributed by atoms with Crippen molar-refractivity contribution < 1.29 is 24.1 Å². The number of ether oxygens (including phenoxy) is 3. The number of aliphatic hydroxyl groups excluding tert-OH is 1. The Morgan fingerprint density at radius 2 is 2.13 bits per heavy atom. The van der Waals surface area contributed by atoms with Crippen LogP contribution in [0.2, 0.25) is 0 Å². The number of rotatable bonds is 10. The average Bonchev–Trinajstić information content (AvgIpc) is 3.33.